The van der Waals surface area contributed by atoms with Crippen LogP contribution < -0.4 is 10.2 Å². The molecular formula is C23H29N2O+. The Morgan fingerprint density at radius 3 is 2.54 bits per heavy atom. The Morgan fingerprint density at radius 1 is 1.12 bits per heavy atom. The van der Waals surface area contributed by atoms with Crippen molar-refractivity contribution in [2.45, 2.75) is 32.6 Å². The maximum atomic E-state index is 12.5. The van der Waals surface area contributed by atoms with Crippen LogP contribution in [0.15, 0.2) is 60.7 Å². The van der Waals surface area contributed by atoms with Crippen molar-refractivity contribution in [1.82, 2.24) is 0 Å². The van der Waals surface area contributed by atoms with Gasteiger partial charge in [0.15, 0.2) is 6.54 Å². The lowest BCUT2D eigenvalue weighted by molar-refractivity contribution is -0.886. The number of rotatable bonds is 6. The lowest BCUT2D eigenvalue weighted by atomic mass is 9.97. The third-order valence-corrected chi connectivity index (χ3v) is 5.32. The van der Waals surface area contributed by atoms with Crippen molar-refractivity contribution in [3.8, 4) is 0 Å². The van der Waals surface area contributed by atoms with Crippen LogP contribution in [-0.2, 0) is 4.79 Å². The van der Waals surface area contributed by atoms with Gasteiger partial charge in [-0.3, -0.25) is 4.79 Å². The van der Waals surface area contributed by atoms with Gasteiger partial charge in [0.2, 0.25) is 0 Å². The number of hydrogen-bond donors (Lipinski definition) is 2. The molecule has 2 aromatic carbocycles. The van der Waals surface area contributed by atoms with Gasteiger partial charge in [-0.2, -0.15) is 0 Å². The van der Waals surface area contributed by atoms with Crippen molar-refractivity contribution >= 4 is 17.2 Å². The zero-order chi connectivity index (χ0) is 18.4. The predicted molar refractivity (Wildman–Crippen MR) is 108 cm³/mol. The van der Waals surface area contributed by atoms with Gasteiger partial charge in [0.25, 0.3) is 5.91 Å². The maximum absolute atomic E-state index is 12.5. The minimum atomic E-state index is 0.104. The fourth-order valence-electron chi connectivity index (χ4n) is 3.54. The molecule has 0 saturated carbocycles. The standard InChI is InChI=1S/C23H28N2O/c1-3-18(2)21-11-7-8-12-22(21)24-23(26)17-25-15-13-20(14-16-25)19-9-5-4-6-10-19/h4-13,18H,3,14-17H2,1-2H3,(H,24,26)/p+1/t18-/m0/s1. The molecule has 2 aromatic rings. The molecule has 1 aliphatic heterocycles. The fourth-order valence-corrected chi connectivity index (χ4v) is 3.54. The van der Waals surface area contributed by atoms with E-state index in [9.17, 15) is 4.79 Å². The smallest absolute Gasteiger partial charge is 0.279 e. The molecule has 3 rings (SSSR count). The molecule has 136 valence electrons. The van der Waals surface area contributed by atoms with Crippen LogP contribution in [0.2, 0.25) is 0 Å². The fraction of sp³-hybridized carbons (Fsp3) is 0.348. The van der Waals surface area contributed by atoms with Gasteiger partial charge < -0.3 is 10.2 Å². The summed E-state index contributed by atoms with van der Waals surface area (Å²) in [5.41, 5.74) is 4.89. The Hall–Kier alpha value is -2.39. The number of quaternary nitrogens is 1. The summed E-state index contributed by atoms with van der Waals surface area (Å²) < 4.78 is 0. The molecule has 3 heteroatoms. The Kier molecular flexibility index (Phi) is 6.24. The number of benzene rings is 2. The number of hydrogen-bond acceptors (Lipinski definition) is 1. The summed E-state index contributed by atoms with van der Waals surface area (Å²) in [6.45, 7) is 6.81. The van der Waals surface area contributed by atoms with Gasteiger partial charge in [-0.1, -0.05) is 62.4 Å². The van der Waals surface area contributed by atoms with E-state index in [1.807, 2.05) is 24.3 Å². The lowest BCUT2D eigenvalue weighted by Crippen LogP contribution is -3.13. The molecule has 1 heterocycles. The average molecular weight is 349 g/mol. The molecule has 0 bridgehead atoms. The van der Waals surface area contributed by atoms with Gasteiger partial charge in [-0.25, -0.2) is 0 Å². The Bertz CT molecular complexity index is 767. The first-order chi connectivity index (χ1) is 12.7. The highest BCUT2D eigenvalue weighted by Crippen LogP contribution is 2.26. The van der Waals surface area contributed by atoms with Crippen LogP contribution in [-0.4, -0.2) is 25.5 Å². The molecule has 0 saturated heterocycles. The molecule has 2 atom stereocenters. The van der Waals surface area contributed by atoms with Crippen LogP contribution in [0.25, 0.3) is 5.57 Å². The number of carbonyl (C=O) groups is 1. The second-order valence-corrected chi connectivity index (χ2v) is 7.17. The van der Waals surface area contributed by atoms with Gasteiger partial charge >= 0.3 is 0 Å². The van der Waals surface area contributed by atoms with Gasteiger partial charge in [0.05, 0.1) is 13.1 Å². The average Bonchev–Trinajstić information content (AvgIpc) is 2.69. The van der Waals surface area contributed by atoms with Crippen molar-refractivity contribution in [2.75, 3.05) is 25.0 Å². The first-order valence-electron chi connectivity index (χ1n) is 9.64. The molecular weight excluding hydrogens is 320 g/mol. The van der Waals surface area contributed by atoms with E-state index in [2.05, 4.69) is 55.6 Å². The molecule has 0 radical (unpaired) electrons. The number of nitrogens with one attached hydrogen (secondary N) is 2. The first-order valence-corrected chi connectivity index (χ1v) is 9.64. The van der Waals surface area contributed by atoms with E-state index in [0.29, 0.717) is 12.5 Å². The molecule has 0 spiro atoms. The normalized spacial score (nSPS) is 18.1. The largest absolute Gasteiger partial charge is 0.324 e. The highest BCUT2D eigenvalue weighted by molar-refractivity contribution is 5.92. The summed E-state index contributed by atoms with van der Waals surface area (Å²) in [5, 5.41) is 3.14. The van der Waals surface area contributed by atoms with Crippen LogP contribution in [0.5, 0.6) is 0 Å². The molecule has 0 aliphatic carbocycles. The van der Waals surface area contributed by atoms with E-state index in [-0.39, 0.29) is 5.91 Å². The van der Waals surface area contributed by atoms with Crippen molar-refractivity contribution < 1.29 is 9.69 Å². The van der Waals surface area contributed by atoms with E-state index in [4.69, 9.17) is 0 Å². The summed E-state index contributed by atoms with van der Waals surface area (Å²) in [7, 11) is 0. The van der Waals surface area contributed by atoms with Crippen LogP contribution in [0.4, 0.5) is 5.69 Å². The molecule has 26 heavy (non-hydrogen) atoms. The SMILES string of the molecule is CC[C@H](C)c1ccccc1NC(=O)C[NH+]1CC=C(c2ccccc2)CC1. The highest BCUT2D eigenvalue weighted by atomic mass is 16.2. The second kappa shape index (κ2) is 8.81. The van der Waals surface area contributed by atoms with Crippen LogP contribution >= 0.6 is 0 Å². The van der Waals surface area contributed by atoms with Crippen LogP contribution in [0, 0.1) is 0 Å². The second-order valence-electron chi connectivity index (χ2n) is 7.17. The van der Waals surface area contributed by atoms with E-state index >= 15 is 0 Å². The molecule has 1 aliphatic rings. The van der Waals surface area contributed by atoms with Gasteiger partial charge in [0.1, 0.15) is 0 Å². The number of anilines is 1. The lowest BCUT2D eigenvalue weighted by Gasteiger charge is -2.23. The zero-order valence-corrected chi connectivity index (χ0v) is 15.8. The maximum Gasteiger partial charge on any atom is 0.279 e. The van der Waals surface area contributed by atoms with E-state index < -0.39 is 0 Å². The molecule has 2 N–H and O–H groups in total. The summed E-state index contributed by atoms with van der Waals surface area (Å²) in [4.78, 5) is 13.9. The van der Waals surface area contributed by atoms with Gasteiger partial charge in [-0.05, 0) is 41.2 Å². The highest BCUT2D eigenvalue weighted by Gasteiger charge is 2.19. The zero-order valence-electron chi connectivity index (χ0n) is 15.8. The molecule has 1 unspecified atom stereocenters. The third kappa shape index (κ3) is 4.61. The van der Waals surface area contributed by atoms with Gasteiger partial charge in [0, 0.05) is 12.1 Å². The monoisotopic (exact) mass is 349 g/mol. The number of amides is 1. The minimum absolute atomic E-state index is 0.104. The number of para-hydroxylation sites is 1. The molecule has 1 amide bonds. The van der Waals surface area contributed by atoms with Crippen molar-refractivity contribution in [3.63, 3.8) is 0 Å². The predicted octanol–water partition coefficient (Wildman–Crippen LogP) is 3.51. The summed E-state index contributed by atoms with van der Waals surface area (Å²) >= 11 is 0. The first kappa shape index (κ1) is 18.4. The Labute approximate surface area is 156 Å². The third-order valence-electron chi connectivity index (χ3n) is 5.32. The van der Waals surface area contributed by atoms with Crippen LogP contribution in [0.3, 0.4) is 0 Å². The number of carbonyl (C=O) groups excluding carboxylic acids is 1. The van der Waals surface area contributed by atoms with Crippen LogP contribution in [0.1, 0.15) is 43.7 Å². The van der Waals surface area contributed by atoms with E-state index in [1.54, 1.807) is 0 Å². The van der Waals surface area contributed by atoms with Crippen molar-refractivity contribution in [3.05, 3.63) is 71.8 Å². The van der Waals surface area contributed by atoms with Crippen molar-refractivity contribution in [2.24, 2.45) is 0 Å². The Morgan fingerprint density at radius 2 is 1.85 bits per heavy atom. The van der Waals surface area contributed by atoms with Gasteiger partial charge in [-0.15, -0.1) is 0 Å². The summed E-state index contributed by atoms with van der Waals surface area (Å²) in [6, 6.07) is 18.7. The van der Waals surface area contributed by atoms with E-state index in [0.717, 1.165) is 31.6 Å². The molecule has 0 fully saturated rings. The summed E-state index contributed by atoms with van der Waals surface area (Å²) in [6.07, 6.45) is 4.38. The molecule has 3 nitrogen and oxygen atoms in total. The quantitative estimate of drug-likeness (QED) is 0.822. The van der Waals surface area contributed by atoms with E-state index in [1.165, 1.54) is 21.6 Å². The minimum Gasteiger partial charge on any atom is -0.324 e. The summed E-state index contributed by atoms with van der Waals surface area (Å²) in [5.74, 6) is 0.553. The Balaban J connectivity index is 1.58. The topological polar surface area (TPSA) is 33.5 Å². The van der Waals surface area contributed by atoms with Crippen molar-refractivity contribution in [1.29, 1.82) is 0 Å². The molecule has 0 aromatic heterocycles.